The molecule has 0 saturated carbocycles. The standard InChI is InChI=1S/C14H27NO3/c1-6-11-9-10(7-8-18-11)12(16)15-13(2,3)14(4,5)17/h10-11,17H,6-9H2,1-5H3,(H,15,16). The predicted molar refractivity (Wildman–Crippen MR) is 71.3 cm³/mol. The third-order valence-electron chi connectivity index (χ3n) is 4.16. The molecule has 2 N–H and O–H groups in total. The SMILES string of the molecule is CCC1CC(C(=O)NC(C)(C)C(C)(C)O)CCO1. The smallest absolute Gasteiger partial charge is 0.223 e. The van der Waals surface area contributed by atoms with Crippen molar-refractivity contribution in [3.8, 4) is 0 Å². The molecular formula is C14H27NO3. The Labute approximate surface area is 110 Å². The summed E-state index contributed by atoms with van der Waals surface area (Å²) in [4.78, 5) is 12.2. The van der Waals surface area contributed by atoms with Crippen molar-refractivity contribution < 1.29 is 14.6 Å². The molecule has 0 aromatic heterocycles. The van der Waals surface area contributed by atoms with E-state index >= 15 is 0 Å². The van der Waals surface area contributed by atoms with E-state index in [9.17, 15) is 9.90 Å². The Morgan fingerprint density at radius 2 is 2.00 bits per heavy atom. The van der Waals surface area contributed by atoms with Gasteiger partial charge in [0.2, 0.25) is 5.91 Å². The van der Waals surface area contributed by atoms with Gasteiger partial charge in [-0.1, -0.05) is 6.92 Å². The van der Waals surface area contributed by atoms with Crippen LogP contribution in [0.2, 0.25) is 0 Å². The van der Waals surface area contributed by atoms with Crippen LogP contribution in [0.15, 0.2) is 0 Å². The first kappa shape index (κ1) is 15.4. The maximum absolute atomic E-state index is 12.2. The highest BCUT2D eigenvalue weighted by Crippen LogP contribution is 2.25. The summed E-state index contributed by atoms with van der Waals surface area (Å²) in [6.45, 7) is 9.85. The third-order valence-corrected chi connectivity index (χ3v) is 4.16. The zero-order valence-electron chi connectivity index (χ0n) is 12.2. The van der Waals surface area contributed by atoms with Crippen LogP contribution in [0.5, 0.6) is 0 Å². The molecule has 1 saturated heterocycles. The van der Waals surface area contributed by atoms with E-state index in [1.807, 2.05) is 13.8 Å². The van der Waals surface area contributed by atoms with Crippen LogP contribution >= 0.6 is 0 Å². The van der Waals surface area contributed by atoms with E-state index in [1.54, 1.807) is 13.8 Å². The molecular weight excluding hydrogens is 230 g/mol. The van der Waals surface area contributed by atoms with Crippen molar-refractivity contribution in [2.75, 3.05) is 6.61 Å². The van der Waals surface area contributed by atoms with Gasteiger partial charge >= 0.3 is 0 Å². The number of hydrogen-bond donors (Lipinski definition) is 2. The zero-order valence-corrected chi connectivity index (χ0v) is 12.2. The molecule has 4 heteroatoms. The Morgan fingerprint density at radius 3 is 2.50 bits per heavy atom. The molecule has 1 amide bonds. The fourth-order valence-electron chi connectivity index (χ4n) is 1.97. The van der Waals surface area contributed by atoms with E-state index in [0.29, 0.717) is 6.61 Å². The van der Waals surface area contributed by atoms with Crippen LogP contribution in [0.25, 0.3) is 0 Å². The van der Waals surface area contributed by atoms with Gasteiger partial charge in [-0.3, -0.25) is 4.79 Å². The average Bonchev–Trinajstić information content (AvgIpc) is 2.27. The molecule has 2 atom stereocenters. The quantitative estimate of drug-likeness (QED) is 0.808. The van der Waals surface area contributed by atoms with Crippen molar-refractivity contribution >= 4 is 5.91 Å². The second-order valence-electron chi connectivity index (χ2n) is 6.30. The molecule has 1 rings (SSSR count). The van der Waals surface area contributed by atoms with Crippen LogP contribution in [0.4, 0.5) is 0 Å². The highest BCUT2D eigenvalue weighted by atomic mass is 16.5. The number of nitrogens with one attached hydrogen (secondary N) is 1. The van der Waals surface area contributed by atoms with Crippen LogP contribution in [0, 0.1) is 5.92 Å². The molecule has 0 aromatic rings. The van der Waals surface area contributed by atoms with E-state index in [2.05, 4.69) is 12.2 Å². The Bertz CT molecular complexity index is 294. The Hall–Kier alpha value is -0.610. The van der Waals surface area contributed by atoms with Gasteiger partial charge in [-0.05, 0) is 47.0 Å². The number of aliphatic hydroxyl groups is 1. The first-order chi connectivity index (χ1) is 8.17. The van der Waals surface area contributed by atoms with E-state index < -0.39 is 11.1 Å². The number of rotatable bonds is 4. The summed E-state index contributed by atoms with van der Waals surface area (Å²) in [5, 5.41) is 13.0. The number of ether oxygens (including phenoxy) is 1. The summed E-state index contributed by atoms with van der Waals surface area (Å²) in [6.07, 6.45) is 2.69. The summed E-state index contributed by atoms with van der Waals surface area (Å²) < 4.78 is 5.58. The van der Waals surface area contributed by atoms with Crippen molar-refractivity contribution in [3.63, 3.8) is 0 Å². The van der Waals surface area contributed by atoms with Gasteiger partial charge in [-0.15, -0.1) is 0 Å². The summed E-state index contributed by atoms with van der Waals surface area (Å²) >= 11 is 0. The van der Waals surface area contributed by atoms with Crippen molar-refractivity contribution in [2.45, 2.75) is 71.1 Å². The van der Waals surface area contributed by atoms with Crippen LogP contribution in [-0.2, 0) is 9.53 Å². The van der Waals surface area contributed by atoms with Gasteiger partial charge in [0.1, 0.15) is 0 Å². The zero-order chi connectivity index (χ0) is 14.0. The highest BCUT2D eigenvalue weighted by molar-refractivity contribution is 5.79. The fraction of sp³-hybridized carbons (Fsp3) is 0.929. The van der Waals surface area contributed by atoms with E-state index in [-0.39, 0.29) is 17.9 Å². The lowest BCUT2D eigenvalue weighted by molar-refractivity contribution is -0.135. The van der Waals surface area contributed by atoms with Crippen LogP contribution in [0.3, 0.4) is 0 Å². The molecule has 106 valence electrons. The Morgan fingerprint density at radius 1 is 1.39 bits per heavy atom. The van der Waals surface area contributed by atoms with Crippen LogP contribution < -0.4 is 5.32 Å². The van der Waals surface area contributed by atoms with Gasteiger partial charge in [0.25, 0.3) is 0 Å². The molecule has 1 heterocycles. The molecule has 0 bridgehead atoms. The van der Waals surface area contributed by atoms with Gasteiger partial charge in [0.05, 0.1) is 17.2 Å². The molecule has 18 heavy (non-hydrogen) atoms. The predicted octanol–water partition coefficient (Wildman–Crippen LogP) is 1.86. The normalized spacial score (nSPS) is 25.9. The molecule has 4 nitrogen and oxygen atoms in total. The second-order valence-corrected chi connectivity index (χ2v) is 6.30. The minimum absolute atomic E-state index is 0.00493. The maximum Gasteiger partial charge on any atom is 0.223 e. The molecule has 0 aliphatic carbocycles. The Kier molecular flexibility index (Phi) is 4.78. The van der Waals surface area contributed by atoms with Gasteiger partial charge in [0, 0.05) is 12.5 Å². The van der Waals surface area contributed by atoms with Crippen molar-refractivity contribution in [2.24, 2.45) is 5.92 Å². The summed E-state index contributed by atoms with van der Waals surface area (Å²) in [5.41, 5.74) is -1.58. The molecule has 1 fully saturated rings. The molecule has 1 aliphatic heterocycles. The largest absolute Gasteiger partial charge is 0.388 e. The Balaban J connectivity index is 2.60. The van der Waals surface area contributed by atoms with Crippen LogP contribution in [-0.4, -0.2) is 34.9 Å². The summed E-state index contributed by atoms with van der Waals surface area (Å²) in [5.74, 6) is 0.0363. The van der Waals surface area contributed by atoms with Gasteiger partial charge in [0.15, 0.2) is 0 Å². The van der Waals surface area contributed by atoms with E-state index in [1.165, 1.54) is 0 Å². The van der Waals surface area contributed by atoms with Crippen LogP contribution in [0.1, 0.15) is 53.9 Å². The first-order valence-electron chi connectivity index (χ1n) is 6.83. The van der Waals surface area contributed by atoms with Gasteiger partial charge in [-0.2, -0.15) is 0 Å². The number of carbonyl (C=O) groups is 1. The molecule has 0 radical (unpaired) electrons. The number of hydrogen-bond acceptors (Lipinski definition) is 3. The second kappa shape index (κ2) is 5.57. The topological polar surface area (TPSA) is 58.6 Å². The lowest BCUT2D eigenvalue weighted by atomic mass is 9.84. The fourth-order valence-corrected chi connectivity index (χ4v) is 1.97. The third kappa shape index (κ3) is 3.69. The van der Waals surface area contributed by atoms with Crippen molar-refractivity contribution in [3.05, 3.63) is 0 Å². The molecule has 0 aromatic carbocycles. The lowest BCUT2D eigenvalue weighted by Gasteiger charge is -2.39. The average molecular weight is 257 g/mol. The molecule has 1 aliphatic rings. The minimum Gasteiger partial charge on any atom is -0.388 e. The molecule has 2 unspecified atom stereocenters. The van der Waals surface area contributed by atoms with Gasteiger partial charge in [-0.25, -0.2) is 0 Å². The van der Waals surface area contributed by atoms with Crippen molar-refractivity contribution in [1.82, 2.24) is 5.32 Å². The van der Waals surface area contributed by atoms with E-state index in [4.69, 9.17) is 4.74 Å². The highest BCUT2D eigenvalue weighted by Gasteiger charge is 2.38. The monoisotopic (exact) mass is 257 g/mol. The van der Waals surface area contributed by atoms with E-state index in [0.717, 1.165) is 19.3 Å². The summed E-state index contributed by atoms with van der Waals surface area (Å²) in [7, 11) is 0. The summed E-state index contributed by atoms with van der Waals surface area (Å²) in [6, 6.07) is 0. The minimum atomic E-state index is -0.946. The first-order valence-corrected chi connectivity index (χ1v) is 6.83. The number of carbonyl (C=O) groups excluding carboxylic acids is 1. The number of amides is 1. The maximum atomic E-state index is 12.2. The van der Waals surface area contributed by atoms with Crippen molar-refractivity contribution in [1.29, 1.82) is 0 Å². The lowest BCUT2D eigenvalue weighted by Crippen LogP contribution is -2.59. The molecule has 0 spiro atoms. The van der Waals surface area contributed by atoms with Gasteiger partial charge < -0.3 is 15.2 Å².